The lowest BCUT2D eigenvalue weighted by molar-refractivity contribution is 0.0600. The number of hydrogen-bond acceptors (Lipinski definition) is 4. The molecule has 4 nitrogen and oxygen atoms in total. The Morgan fingerprint density at radius 1 is 1.41 bits per heavy atom. The van der Waals surface area contributed by atoms with Crippen LogP contribution in [0.15, 0.2) is 24.3 Å². The summed E-state index contributed by atoms with van der Waals surface area (Å²) in [6.07, 6.45) is 1.29. The minimum atomic E-state index is -0.326. The second-order valence-electron chi connectivity index (χ2n) is 4.30. The van der Waals surface area contributed by atoms with Gasteiger partial charge in [0.25, 0.3) is 0 Å². The molecule has 0 bridgehead atoms. The summed E-state index contributed by atoms with van der Waals surface area (Å²) in [6.45, 7) is 0.824. The fourth-order valence-electron chi connectivity index (χ4n) is 2.12. The van der Waals surface area contributed by atoms with Crippen molar-refractivity contribution in [2.24, 2.45) is 0 Å². The van der Waals surface area contributed by atoms with Crippen LogP contribution in [0.2, 0.25) is 0 Å². The third-order valence-electron chi connectivity index (χ3n) is 3.11. The Morgan fingerprint density at radius 2 is 2.12 bits per heavy atom. The predicted octanol–water partition coefficient (Wildman–Crippen LogP) is 1.26. The maximum absolute atomic E-state index is 11.3. The summed E-state index contributed by atoms with van der Waals surface area (Å²) < 4.78 is 4.64. The van der Waals surface area contributed by atoms with Gasteiger partial charge in [-0.2, -0.15) is 0 Å². The zero-order chi connectivity index (χ0) is 12.3. The molecule has 17 heavy (non-hydrogen) atoms. The van der Waals surface area contributed by atoms with E-state index in [1.54, 1.807) is 12.1 Å². The molecular weight excluding hydrogens is 218 g/mol. The number of hydrogen-bond donors (Lipinski definition) is 2. The molecule has 1 saturated heterocycles. The van der Waals surface area contributed by atoms with Gasteiger partial charge in [-0.15, -0.1) is 0 Å². The van der Waals surface area contributed by atoms with E-state index in [4.69, 9.17) is 0 Å². The highest BCUT2D eigenvalue weighted by atomic mass is 16.5. The number of methoxy groups -OCH3 is 1. The van der Waals surface area contributed by atoms with E-state index in [9.17, 15) is 9.90 Å². The van der Waals surface area contributed by atoms with Crippen molar-refractivity contribution < 1.29 is 14.6 Å². The number of carbonyl (C=O) groups is 1. The van der Waals surface area contributed by atoms with Crippen molar-refractivity contribution in [3.8, 4) is 0 Å². The van der Waals surface area contributed by atoms with Crippen molar-refractivity contribution >= 4 is 5.97 Å². The first kappa shape index (κ1) is 12.1. The van der Waals surface area contributed by atoms with Gasteiger partial charge in [0, 0.05) is 6.04 Å². The van der Waals surface area contributed by atoms with E-state index in [0.717, 1.165) is 24.9 Å². The number of nitrogens with one attached hydrogen (secondary N) is 1. The largest absolute Gasteiger partial charge is 0.465 e. The van der Waals surface area contributed by atoms with Crippen molar-refractivity contribution in [1.29, 1.82) is 0 Å². The Hall–Kier alpha value is -1.39. The minimum absolute atomic E-state index is 0.172. The molecule has 1 fully saturated rings. The predicted molar refractivity (Wildman–Crippen MR) is 63.8 cm³/mol. The fourth-order valence-corrected chi connectivity index (χ4v) is 2.12. The molecule has 1 aromatic rings. The first-order chi connectivity index (χ1) is 8.20. The lowest BCUT2D eigenvalue weighted by Gasteiger charge is -2.27. The standard InChI is InChI=1S/C13H17NO3/c1-17-13(16)10-4-2-9(3-5-10)12-8-11(15)6-7-14-12/h2-5,11-12,14-15H,6-8H2,1H3/t11-,12-/m0/s1. The molecule has 4 heteroatoms. The molecule has 0 saturated carbocycles. The SMILES string of the molecule is COC(=O)c1ccc([C@@H]2C[C@@H](O)CCN2)cc1. The van der Waals surface area contributed by atoms with Crippen molar-refractivity contribution in [2.75, 3.05) is 13.7 Å². The van der Waals surface area contributed by atoms with E-state index in [2.05, 4.69) is 10.1 Å². The topological polar surface area (TPSA) is 58.6 Å². The number of esters is 1. The second-order valence-corrected chi connectivity index (χ2v) is 4.30. The minimum Gasteiger partial charge on any atom is -0.465 e. The van der Waals surface area contributed by atoms with Crippen LogP contribution in [0, 0.1) is 0 Å². The van der Waals surface area contributed by atoms with Gasteiger partial charge >= 0.3 is 5.97 Å². The highest BCUT2D eigenvalue weighted by Gasteiger charge is 2.20. The van der Waals surface area contributed by atoms with Crippen molar-refractivity contribution in [2.45, 2.75) is 25.0 Å². The molecule has 2 atom stereocenters. The van der Waals surface area contributed by atoms with Crippen LogP contribution in [0.5, 0.6) is 0 Å². The quantitative estimate of drug-likeness (QED) is 0.758. The van der Waals surface area contributed by atoms with Crippen LogP contribution in [-0.2, 0) is 4.74 Å². The van der Waals surface area contributed by atoms with Crippen LogP contribution in [0.4, 0.5) is 0 Å². The van der Waals surface area contributed by atoms with Crippen LogP contribution in [0.1, 0.15) is 34.8 Å². The summed E-state index contributed by atoms with van der Waals surface area (Å²) in [5, 5.41) is 13.0. The molecule has 1 heterocycles. The van der Waals surface area contributed by atoms with Crippen molar-refractivity contribution in [3.05, 3.63) is 35.4 Å². The number of carbonyl (C=O) groups excluding carboxylic acids is 1. The molecule has 0 aliphatic carbocycles. The number of aliphatic hydroxyl groups is 1. The van der Waals surface area contributed by atoms with Gasteiger partial charge in [0.15, 0.2) is 0 Å². The van der Waals surface area contributed by atoms with E-state index in [-0.39, 0.29) is 18.1 Å². The summed E-state index contributed by atoms with van der Waals surface area (Å²) in [5.41, 5.74) is 1.64. The molecule has 2 rings (SSSR count). The average Bonchev–Trinajstić information content (AvgIpc) is 2.38. The van der Waals surface area contributed by atoms with Crippen molar-refractivity contribution in [1.82, 2.24) is 5.32 Å². The molecule has 1 aromatic carbocycles. The molecule has 0 amide bonds. The third-order valence-corrected chi connectivity index (χ3v) is 3.11. The van der Waals surface area contributed by atoms with Gasteiger partial charge < -0.3 is 15.2 Å². The molecule has 1 aliphatic heterocycles. The van der Waals surface area contributed by atoms with Gasteiger partial charge in [0.1, 0.15) is 0 Å². The van der Waals surface area contributed by atoms with Crippen LogP contribution in [0.3, 0.4) is 0 Å². The van der Waals surface area contributed by atoms with Gasteiger partial charge in [-0.25, -0.2) is 4.79 Å². The van der Waals surface area contributed by atoms with Crippen LogP contribution in [0.25, 0.3) is 0 Å². The number of aliphatic hydroxyl groups excluding tert-OH is 1. The number of piperidine rings is 1. The maximum atomic E-state index is 11.3. The summed E-state index contributed by atoms with van der Waals surface area (Å²) in [5.74, 6) is -0.326. The molecule has 0 aromatic heterocycles. The van der Waals surface area contributed by atoms with Crippen LogP contribution < -0.4 is 5.32 Å². The van der Waals surface area contributed by atoms with E-state index in [1.807, 2.05) is 12.1 Å². The molecule has 0 unspecified atom stereocenters. The fraction of sp³-hybridized carbons (Fsp3) is 0.462. The van der Waals surface area contributed by atoms with Gasteiger partial charge in [0.05, 0.1) is 18.8 Å². The third kappa shape index (κ3) is 2.84. The first-order valence-electron chi connectivity index (χ1n) is 5.80. The van der Waals surface area contributed by atoms with Gasteiger partial charge in [-0.1, -0.05) is 12.1 Å². The monoisotopic (exact) mass is 235 g/mol. The summed E-state index contributed by atoms with van der Waals surface area (Å²) >= 11 is 0. The Balaban J connectivity index is 2.09. The summed E-state index contributed by atoms with van der Waals surface area (Å²) in [4.78, 5) is 11.3. The molecule has 1 aliphatic rings. The lowest BCUT2D eigenvalue weighted by Crippen LogP contribution is -2.34. The molecule has 2 N–H and O–H groups in total. The Bertz CT molecular complexity index is 388. The maximum Gasteiger partial charge on any atom is 0.337 e. The van der Waals surface area contributed by atoms with Gasteiger partial charge in [-0.05, 0) is 37.1 Å². The number of benzene rings is 1. The Labute approximate surface area is 101 Å². The highest BCUT2D eigenvalue weighted by molar-refractivity contribution is 5.89. The van der Waals surface area contributed by atoms with Gasteiger partial charge in [0.2, 0.25) is 0 Å². The summed E-state index contributed by atoms with van der Waals surface area (Å²) in [6, 6.07) is 7.49. The summed E-state index contributed by atoms with van der Waals surface area (Å²) in [7, 11) is 1.37. The number of ether oxygens (including phenoxy) is 1. The average molecular weight is 235 g/mol. The van der Waals surface area contributed by atoms with Gasteiger partial charge in [-0.3, -0.25) is 0 Å². The van der Waals surface area contributed by atoms with Crippen LogP contribution in [-0.4, -0.2) is 30.8 Å². The molecular formula is C13H17NO3. The Kier molecular flexibility index (Phi) is 3.76. The second kappa shape index (κ2) is 5.29. The smallest absolute Gasteiger partial charge is 0.337 e. The normalized spacial score (nSPS) is 24.4. The Morgan fingerprint density at radius 3 is 2.71 bits per heavy atom. The van der Waals surface area contributed by atoms with E-state index in [1.165, 1.54) is 7.11 Å². The molecule has 0 spiro atoms. The van der Waals surface area contributed by atoms with Crippen LogP contribution >= 0.6 is 0 Å². The lowest BCUT2D eigenvalue weighted by atomic mass is 9.95. The molecule has 0 radical (unpaired) electrons. The first-order valence-corrected chi connectivity index (χ1v) is 5.80. The molecule has 92 valence electrons. The van der Waals surface area contributed by atoms with Crippen molar-refractivity contribution in [3.63, 3.8) is 0 Å². The zero-order valence-corrected chi connectivity index (χ0v) is 9.85. The highest BCUT2D eigenvalue weighted by Crippen LogP contribution is 2.23. The van der Waals surface area contributed by atoms with E-state index < -0.39 is 0 Å². The number of rotatable bonds is 2. The van der Waals surface area contributed by atoms with E-state index >= 15 is 0 Å². The van der Waals surface area contributed by atoms with E-state index in [0.29, 0.717) is 5.56 Å². The zero-order valence-electron chi connectivity index (χ0n) is 9.85.